The van der Waals surface area contributed by atoms with E-state index in [9.17, 15) is 0 Å². The molecule has 0 amide bonds. The molecule has 0 atom stereocenters. The predicted octanol–water partition coefficient (Wildman–Crippen LogP) is 4.55. The molecule has 1 heterocycles. The van der Waals surface area contributed by atoms with Crippen molar-refractivity contribution in [2.45, 2.75) is 13.3 Å². The molecule has 0 fully saturated rings. The second-order valence-corrected chi connectivity index (χ2v) is 4.91. The van der Waals surface area contributed by atoms with Crippen molar-refractivity contribution in [1.29, 1.82) is 0 Å². The second-order valence-electron chi connectivity index (χ2n) is 4.91. The fraction of sp³-hybridized carbons (Fsp3) is 0.111. The van der Waals surface area contributed by atoms with Crippen LogP contribution in [-0.2, 0) is 6.42 Å². The Balaban J connectivity index is 2.05. The Bertz CT molecular complexity index is 809. The molecule has 0 aliphatic carbocycles. The maximum absolute atomic E-state index is 5.99. The molecule has 0 aliphatic rings. The molecule has 2 nitrogen and oxygen atoms in total. The number of allylic oxidation sites excluding steroid dienone is 3. The Morgan fingerprint density at radius 2 is 1.90 bits per heavy atom. The summed E-state index contributed by atoms with van der Waals surface area (Å²) in [6.07, 6.45) is 6.59. The summed E-state index contributed by atoms with van der Waals surface area (Å²) in [6, 6.07) is 14.5. The molecule has 0 spiro atoms. The van der Waals surface area contributed by atoms with Gasteiger partial charge in [0.2, 0.25) is 0 Å². The molecular weight excluding hydrogens is 246 g/mol. The van der Waals surface area contributed by atoms with Crippen LogP contribution in [0.4, 0.5) is 0 Å². The molecule has 0 saturated heterocycles. The van der Waals surface area contributed by atoms with Crippen LogP contribution in [0.1, 0.15) is 12.5 Å². The first-order chi connectivity index (χ1) is 9.79. The summed E-state index contributed by atoms with van der Waals surface area (Å²) >= 11 is 0. The van der Waals surface area contributed by atoms with Crippen molar-refractivity contribution in [3.8, 4) is 0 Å². The first-order valence-electron chi connectivity index (χ1n) is 6.74. The van der Waals surface area contributed by atoms with E-state index >= 15 is 0 Å². The maximum atomic E-state index is 5.99. The molecule has 0 aliphatic heterocycles. The van der Waals surface area contributed by atoms with Gasteiger partial charge in [-0.2, -0.15) is 0 Å². The summed E-state index contributed by atoms with van der Waals surface area (Å²) in [5.41, 5.74) is 9.63. The van der Waals surface area contributed by atoms with Gasteiger partial charge in [0, 0.05) is 10.8 Å². The fourth-order valence-corrected chi connectivity index (χ4v) is 2.39. The van der Waals surface area contributed by atoms with Gasteiger partial charge < -0.3 is 10.2 Å². The van der Waals surface area contributed by atoms with E-state index in [0.717, 1.165) is 23.2 Å². The van der Waals surface area contributed by atoms with Gasteiger partial charge in [0.15, 0.2) is 0 Å². The van der Waals surface area contributed by atoms with E-state index in [2.05, 4.69) is 30.3 Å². The van der Waals surface area contributed by atoms with Crippen molar-refractivity contribution < 1.29 is 4.42 Å². The molecule has 0 unspecified atom stereocenters. The zero-order chi connectivity index (χ0) is 13.9. The number of fused-ring (bicyclic) bond motifs is 3. The maximum Gasteiger partial charge on any atom is 0.138 e. The van der Waals surface area contributed by atoms with Crippen LogP contribution in [0, 0.1) is 0 Å². The van der Waals surface area contributed by atoms with Gasteiger partial charge in [-0.25, -0.2) is 0 Å². The largest absolute Gasteiger partial charge is 0.456 e. The second kappa shape index (κ2) is 5.25. The van der Waals surface area contributed by atoms with Crippen LogP contribution in [0.5, 0.6) is 0 Å². The standard InChI is InChI=1S/C18H17NO/c1-13(12-19)6-4-7-14-8-5-10-16-15-9-2-3-11-17(15)20-18(14)16/h2-6,8-12H,7,19H2,1H3/b6-4-,13-12-. The predicted molar refractivity (Wildman–Crippen MR) is 84.5 cm³/mol. The lowest BCUT2D eigenvalue weighted by Gasteiger charge is -1.98. The lowest BCUT2D eigenvalue weighted by Crippen LogP contribution is -1.83. The van der Waals surface area contributed by atoms with Crippen LogP contribution in [0.3, 0.4) is 0 Å². The number of benzene rings is 2. The van der Waals surface area contributed by atoms with Crippen molar-refractivity contribution in [3.63, 3.8) is 0 Å². The fourth-order valence-electron chi connectivity index (χ4n) is 2.39. The smallest absolute Gasteiger partial charge is 0.138 e. The highest BCUT2D eigenvalue weighted by molar-refractivity contribution is 6.05. The van der Waals surface area contributed by atoms with Gasteiger partial charge in [0.1, 0.15) is 11.2 Å². The zero-order valence-corrected chi connectivity index (χ0v) is 11.5. The number of hydrogen-bond donors (Lipinski definition) is 1. The molecule has 3 rings (SSSR count). The number of furan rings is 1. The number of rotatable bonds is 3. The Morgan fingerprint density at radius 1 is 1.10 bits per heavy atom. The van der Waals surface area contributed by atoms with Gasteiger partial charge in [-0.1, -0.05) is 48.6 Å². The monoisotopic (exact) mass is 263 g/mol. The molecule has 20 heavy (non-hydrogen) atoms. The minimum atomic E-state index is 0.836. The summed E-state index contributed by atoms with van der Waals surface area (Å²) in [7, 11) is 0. The summed E-state index contributed by atoms with van der Waals surface area (Å²) in [5.74, 6) is 0. The van der Waals surface area contributed by atoms with Crippen LogP contribution >= 0.6 is 0 Å². The Morgan fingerprint density at radius 3 is 2.75 bits per heavy atom. The highest BCUT2D eigenvalue weighted by atomic mass is 16.3. The van der Waals surface area contributed by atoms with Crippen molar-refractivity contribution in [1.82, 2.24) is 0 Å². The summed E-state index contributed by atoms with van der Waals surface area (Å²) in [5, 5.41) is 2.35. The van der Waals surface area contributed by atoms with Gasteiger partial charge in [0.25, 0.3) is 0 Å². The van der Waals surface area contributed by atoms with E-state index < -0.39 is 0 Å². The van der Waals surface area contributed by atoms with E-state index in [1.165, 1.54) is 16.3 Å². The molecule has 2 heteroatoms. The van der Waals surface area contributed by atoms with Crippen LogP contribution in [0.2, 0.25) is 0 Å². The van der Waals surface area contributed by atoms with Crippen molar-refractivity contribution in [2.24, 2.45) is 5.73 Å². The summed E-state index contributed by atoms with van der Waals surface area (Å²) in [4.78, 5) is 0. The quantitative estimate of drug-likeness (QED) is 0.704. The van der Waals surface area contributed by atoms with Crippen LogP contribution in [0.25, 0.3) is 21.9 Å². The number of para-hydroxylation sites is 2. The van der Waals surface area contributed by atoms with Crippen molar-refractivity contribution in [3.05, 3.63) is 72.0 Å². The first kappa shape index (κ1) is 12.5. The Hall–Kier alpha value is -2.48. The first-order valence-corrected chi connectivity index (χ1v) is 6.74. The molecule has 100 valence electrons. The van der Waals surface area contributed by atoms with Crippen molar-refractivity contribution in [2.75, 3.05) is 0 Å². The lowest BCUT2D eigenvalue weighted by atomic mass is 10.1. The van der Waals surface area contributed by atoms with Gasteiger partial charge >= 0.3 is 0 Å². The third-order valence-electron chi connectivity index (χ3n) is 3.47. The molecule has 0 bridgehead atoms. The third-order valence-corrected chi connectivity index (χ3v) is 3.47. The third kappa shape index (κ3) is 2.21. The Labute approximate surface area is 118 Å². The molecule has 3 aromatic rings. The molecule has 2 aromatic carbocycles. The van der Waals surface area contributed by atoms with E-state index in [-0.39, 0.29) is 0 Å². The summed E-state index contributed by atoms with van der Waals surface area (Å²) in [6.45, 7) is 1.98. The SMILES string of the molecule is CC(/C=C\Cc1cccc2c1oc1ccccc12)=C/N. The average Bonchev–Trinajstić information content (AvgIpc) is 2.86. The molecule has 2 N–H and O–H groups in total. The van der Waals surface area contributed by atoms with E-state index in [1.807, 2.05) is 31.2 Å². The van der Waals surface area contributed by atoms with Gasteiger partial charge in [-0.15, -0.1) is 0 Å². The minimum absolute atomic E-state index is 0.836. The average molecular weight is 263 g/mol. The molecular formula is C18H17NO. The topological polar surface area (TPSA) is 39.2 Å². The van der Waals surface area contributed by atoms with E-state index in [1.54, 1.807) is 6.20 Å². The van der Waals surface area contributed by atoms with Gasteiger partial charge in [-0.05, 0) is 36.7 Å². The molecule has 0 saturated carbocycles. The van der Waals surface area contributed by atoms with Gasteiger partial charge in [0.05, 0.1) is 0 Å². The van der Waals surface area contributed by atoms with Gasteiger partial charge in [-0.3, -0.25) is 0 Å². The zero-order valence-electron chi connectivity index (χ0n) is 11.5. The Kier molecular flexibility index (Phi) is 3.30. The van der Waals surface area contributed by atoms with E-state index in [0.29, 0.717) is 0 Å². The van der Waals surface area contributed by atoms with Crippen LogP contribution in [0.15, 0.2) is 70.8 Å². The van der Waals surface area contributed by atoms with E-state index in [4.69, 9.17) is 10.2 Å². The number of hydrogen-bond acceptors (Lipinski definition) is 2. The lowest BCUT2D eigenvalue weighted by molar-refractivity contribution is 0.664. The molecule has 0 radical (unpaired) electrons. The highest BCUT2D eigenvalue weighted by Gasteiger charge is 2.08. The number of nitrogens with two attached hydrogens (primary N) is 1. The summed E-state index contributed by atoms with van der Waals surface area (Å²) < 4.78 is 5.99. The normalized spacial score (nSPS) is 12.8. The van der Waals surface area contributed by atoms with Crippen molar-refractivity contribution >= 4 is 21.9 Å². The van der Waals surface area contributed by atoms with Crippen LogP contribution in [-0.4, -0.2) is 0 Å². The highest BCUT2D eigenvalue weighted by Crippen LogP contribution is 2.30. The van der Waals surface area contributed by atoms with Crippen LogP contribution < -0.4 is 5.73 Å². The molecule has 1 aromatic heterocycles. The minimum Gasteiger partial charge on any atom is -0.456 e.